The van der Waals surface area contributed by atoms with Crippen LogP contribution in [0.1, 0.15) is 5.69 Å². The molecule has 0 spiro atoms. The predicted molar refractivity (Wildman–Crippen MR) is 75.7 cm³/mol. The highest BCUT2D eigenvalue weighted by Gasteiger charge is 2.07. The fourth-order valence-electron chi connectivity index (χ4n) is 1.74. The van der Waals surface area contributed by atoms with E-state index in [9.17, 15) is 9.18 Å². The Balaban J connectivity index is 2.10. The standard InChI is InChI=1S/C15H15FN2O3/c1-20-9-11(19)6-10-7-13(4-5-18-10)21-12-2-3-15(17)14(16)8-12/h2-5,7-8H,6,9,17H2,1H3. The van der Waals surface area contributed by atoms with Gasteiger partial charge in [-0.3, -0.25) is 9.78 Å². The van der Waals surface area contributed by atoms with Gasteiger partial charge in [0.15, 0.2) is 5.78 Å². The molecule has 2 aromatic rings. The molecule has 0 aliphatic carbocycles. The lowest BCUT2D eigenvalue weighted by Gasteiger charge is -2.08. The molecular weight excluding hydrogens is 275 g/mol. The second-order valence-electron chi connectivity index (χ2n) is 4.42. The summed E-state index contributed by atoms with van der Waals surface area (Å²) < 4.78 is 23.6. The molecule has 0 fully saturated rings. The Hall–Kier alpha value is -2.47. The lowest BCUT2D eigenvalue weighted by Crippen LogP contribution is -2.10. The molecule has 0 atom stereocenters. The molecule has 0 unspecified atom stereocenters. The van der Waals surface area contributed by atoms with Crippen molar-refractivity contribution in [1.82, 2.24) is 4.98 Å². The number of carbonyl (C=O) groups excluding carboxylic acids is 1. The van der Waals surface area contributed by atoms with E-state index in [-0.39, 0.29) is 24.5 Å². The summed E-state index contributed by atoms with van der Waals surface area (Å²) in [5.41, 5.74) is 6.02. The fourth-order valence-corrected chi connectivity index (χ4v) is 1.74. The second-order valence-corrected chi connectivity index (χ2v) is 4.42. The minimum atomic E-state index is -0.544. The summed E-state index contributed by atoms with van der Waals surface area (Å²) in [6.07, 6.45) is 1.68. The second kappa shape index (κ2) is 6.81. The number of benzene rings is 1. The van der Waals surface area contributed by atoms with Crippen molar-refractivity contribution in [3.63, 3.8) is 0 Å². The minimum Gasteiger partial charge on any atom is -0.457 e. The van der Waals surface area contributed by atoms with Crippen LogP contribution in [0, 0.1) is 5.82 Å². The highest BCUT2D eigenvalue weighted by atomic mass is 19.1. The van der Waals surface area contributed by atoms with Crippen molar-refractivity contribution in [3.05, 3.63) is 48.0 Å². The quantitative estimate of drug-likeness (QED) is 0.827. The number of carbonyl (C=O) groups is 1. The first-order valence-corrected chi connectivity index (χ1v) is 6.27. The van der Waals surface area contributed by atoms with E-state index in [1.165, 1.54) is 25.4 Å². The van der Waals surface area contributed by atoms with Gasteiger partial charge >= 0.3 is 0 Å². The normalized spacial score (nSPS) is 10.4. The molecule has 0 aliphatic heterocycles. The number of nitrogens with two attached hydrogens (primary N) is 1. The number of anilines is 1. The minimum absolute atomic E-state index is 0.0376. The maximum Gasteiger partial charge on any atom is 0.164 e. The zero-order chi connectivity index (χ0) is 15.2. The molecule has 1 aromatic heterocycles. The number of halogens is 1. The lowest BCUT2D eigenvalue weighted by molar-refractivity contribution is -0.122. The van der Waals surface area contributed by atoms with Crippen LogP contribution in [0.25, 0.3) is 0 Å². The molecule has 0 aliphatic rings. The third-order valence-electron chi connectivity index (χ3n) is 2.68. The molecule has 0 amide bonds. The number of rotatable bonds is 6. The third-order valence-corrected chi connectivity index (χ3v) is 2.68. The molecule has 1 aromatic carbocycles. The number of aromatic nitrogens is 1. The van der Waals surface area contributed by atoms with Gasteiger partial charge in [-0.1, -0.05) is 0 Å². The van der Waals surface area contributed by atoms with Crippen LogP contribution in [0.4, 0.5) is 10.1 Å². The monoisotopic (exact) mass is 290 g/mol. The van der Waals surface area contributed by atoms with Crippen LogP contribution >= 0.6 is 0 Å². The lowest BCUT2D eigenvalue weighted by atomic mass is 10.2. The molecule has 21 heavy (non-hydrogen) atoms. The van der Waals surface area contributed by atoms with Crippen molar-refractivity contribution in [2.75, 3.05) is 19.5 Å². The maximum absolute atomic E-state index is 13.3. The Morgan fingerprint density at radius 2 is 2.05 bits per heavy atom. The molecule has 2 N–H and O–H groups in total. The summed E-state index contributed by atoms with van der Waals surface area (Å²) in [4.78, 5) is 15.6. The molecule has 0 radical (unpaired) electrons. The largest absolute Gasteiger partial charge is 0.457 e. The molecule has 0 bridgehead atoms. The highest BCUT2D eigenvalue weighted by molar-refractivity contribution is 5.81. The molecule has 2 rings (SSSR count). The van der Waals surface area contributed by atoms with Gasteiger partial charge in [0.2, 0.25) is 0 Å². The molecule has 1 heterocycles. The van der Waals surface area contributed by atoms with Gasteiger partial charge in [-0.15, -0.1) is 0 Å². The number of hydrogen-bond donors (Lipinski definition) is 1. The van der Waals surface area contributed by atoms with Gasteiger partial charge in [-0.05, 0) is 18.2 Å². The van der Waals surface area contributed by atoms with Gasteiger partial charge in [0.05, 0.1) is 17.8 Å². The zero-order valence-electron chi connectivity index (χ0n) is 11.5. The first-order chi connectivity index (χ1) is 10.1. The van der Waals surface area contributed by atoms with E-state index < -0.39 is 5.82 Å². The molecule has 110 valence electrons. The Morgan fingerprint density at radius 1 is 1.29 bits per heavy atom. The van der Waals surface area contributed by atoms with E-state index in [4.69, 9.17) is 15.2 Å². The molecule has 0 saturated heterocycles. The van der Waals surface area contributed by atoms with Crippen LogP contribution < -0.4 is 10.5 Å². The first-order valence-electron chi connectivity index (χ1n) is 6.27. The van der Waals surface area contributed by atoms with Gasteiger partial charge in [-0.25, -0.2) is 4.39 Å². The molecule has 0 saturated carbocycles. The van der Waals surface area contributed by atoms with Crippen LogP contribution in [0.15, 0.2) is 36.5 Å². The maximum atomic E-state index is 13.3. The topological polar surface area (TPSA) is 74.4 Å². The Morgan fingerprint density at radius 3 is 2.76 bits per heavy atom. The molecule has 5 nitrogen and oxygen atoms in total. The van der Waals surface area contributed by atoms with Crippen LogP contribution in [-0.2, 0) is 16.0 Å². The number of hydrogen-bond acceptors (Lipinski definition) is 5. The van der Waals surface area contributed by atoms with Gasteiger partial charge < -0.3 is 15.2 Å². The van der Waals surface area contributed by atoms with Gasteiger partial charge in [0.1, 0.15) is 23.9 Å². The number of ether oxygens (including phenoxy) is 2. The van der Waals surface area contributed by atoms with Crippen LogP contribution in [-0.4, -0.2) is 24.5 Å². The first kappa shape index (κ1) is 14.9. The Kier molecular flexibility index (Phi) is 4.84. The van der Waals surface area contributed by atoms with Crippen LogP contribution in [0.3, 0.4) is 0 Å². The van der Waals surface area contributed by atoms with E-state index in [1.54, 1.807) is 18.2 Å². The summed E-state index contributed by atoms with van der Waals surface area (Å²) in [7, 11) is 1.46. The fraction of sp³-hybridized carbons (Fsp3) is 0.200. The molecular formula is C15H15FN2O3. The number of nitrogen functional groups attached to an aromatic ring is 1. The van der Waals surface area contributed by atoms with Gasteiger partial charge in [-0.2, -0.15) is 0 Å². The summed E-state index contributed by atoms with van der Waals surface area (Å²) >= 11 is 0. The number of nitrogens with zero attached hydrogens (tertiary/aromatic N) is 1. The van der Waals surface area contributed by atoms with Crippen molar-refractivity contribution in [1.29, 1.82) is 0 Å². The van der Waals surface area contributed by atoms with E-state index in [0.717, 1.165) is 0 Å². The summed E-state index contributed by atoms with van der Waals surface area (Å²) in [6.45, 7) is 0.0376. The van der Waals surface area contributed by atoms with Crippen molar-refractivity contribution >= 4 is 11.5 Å². The number of ketones is 1. The third kappa shape index (κ3) is 4.25. The number of methoxy groups -OCH3 is 1. The number of pyridine rings is 1. The SMILES string of the molecule is COCC(=O)Cc1cc(Oc2ccc(N)c(F)c2)ccn1. The van der Waals surface area contributed by atoms with Crippen LogP contribution in [0.2, 0.25) is 0 Å². The average molecular weight is 290 g/mol. The Bertz CT molecular complexity index is 647. The van der Waals surface area contributed by atoms with E-state index in [0.29, 0.717) is 17.2 Å². The summed E-state index contributed by atoms with van der Waals surface area (Å²) in [6, 6.07) is 7.44. The van der Waals surface area contributed by atoms with Crippen molar-refractivity contribution in [2.24, 2.45) is 0 Å². The van der Waals surface area contributed by atoms with Crippen molar-refractivity contribution < 1.29 is 18.7 Å². The van der Waals surface area contributed by atoms with Crippen molar-refractivity contribution in [2.45, 2.75) is 6.42 Å². The number of Topliss-reactive ketones (excluding diaryl/α,β-unsaturated/α-hetero) is 1. The molecule has 6 heteroatoms. The smallest absolute Gasteiger partial charge is 0.164 e. The van der Waals surface area contributed by atoms with Gasteiger partial charge in [0.25, 0.3) is 0 Å². The van der Waals surface area contributed by atoms with Gasteiger partial charge in [0, 0.05) is 25.4 Å². The zero-order valence-corrected chi connectivity index (χ0v) is 11.5. The van der Waals surface area contributed by atoms with Crippen LogP contribution in [0.5, 0.6) is 11.5 Å². The summed E-state index contributed by atoms with van der Waals surface area (Å²) in [5.74, 6) is 0.161. The predicted octanol–water partition coefficient (Wildman–Crippen LogP) is 2.35. The van der Waals surface area contributed by atoms with E-state index in [1.807, 2.05) is 0 Å². The van der Waals surface area contributed by atoms with E-state index in [2.05, 4.69) is 4.98 Å². The summed E-state index contributed by atoms with van der Waals surface area (Å²) in [5, 5.41) is 0. The van der Waals surface area contributed by atoms with E-state index >= 15 is 0 Å². The average Bonchev–Trinajstić information content (AvgIpc) is 2.43. The van der Waals surface area contributed by atoms with Crippen molar-refractivity contribution in [3.8, 4) is 11.5 Å². The Labute approximate surface area is 121 Å². The highest BCUT2D eigenvalue weighted by Crippen LogP contribution is 2.24.